The first kappa shape index (κ1) is 12.1. The zero-order valence-electron chi connectivity index (χ0n) is 10.1. The van der Waals surface area contributed by atoms with E-state index in [4.69, 9.17) is 5.11 Å². The summed E-state index contributed by atoms with van der Waals surface area (Å²) in [4.78, 5) is 15.0. The molecule has 0 spiro atoms. The molecule has 17 heavy (non-hydrogen) atoms. The molecule has 0 unspecified atom stereocenters. The van der Waals surface area contributed by atoms with E-state index in [1.807, 2.05) is 11.5 Å². The van der Waals surface area contributed by atoms with Gasteiger partial charge in [-0.3, -0.25) is 0 Å². The van der Waals surface area contributed by atoms with Crippen molar-refractivity contribution in [2.24, 2.45) is 0 Å². The summed E-state index contributed by atoms with van der Waals surface area (Å²) in [6, 6.07) is 0.574. The van der Waals surface area contributed by atoms with Crippen LogP contribution in [0.4, 0.5) is 0 Å². The fraction of sp³-hybridized carbons (Fsp3) is 0.667. The van der Waals surface area contributed by atoms with Gasteiger partial charge in [-0.1, -0.05) is 12.8 Å². The number of hydrogen-bond donors (Lipinski definition) is 2. The molecule has 1 aromatic rings. The lowest BCUT2D eigenvalue weighted by Crippen LogP contribution is -2.26. The Hall–Kier alpha value is -1.36. The van der Waals surface area contributed by atoms with Crippen LogP contribution in [-0.4, -0.2) is 26.7 Å². The molecule has 0 bridgehead atoms. The molecule has 0 aromatic carbocycles. The minimum atomic E-state index is -0.959. The third kappa shape index (κ3) is 2.85. The maximum Gasteiger partial charge on any atom is 0.356 e. The average Bonchev–Trinajstić information content (AvgIpc) is 2.95. The van der Waals surface area contributed by atoms with Gasteiger partial charge in [-0.05, 0) is 19.8 Å². The smallest absolute Gasteiger partial charge is 0.356 e. The van der Waals surface area contributed by atoms with E-state index in [1.165, 1.54) is 25.7 Å². The van der Waals surface area contributed by atoms with Crippen molar-refractivity contribution in [2.75, 3.05) is 0 Å². The van der Waals surface area contributed by atoms with Gasteiger partial charge in [0.2, 0.25) is 0 Å². The van der Waals surface area contributed by atoms with E-state index in [0.717, 1.165) is 12.4 Å². The van der Waals surface area contributed by atoms with Gasteiger partial charge in [0, 0.05) is 18.8 Å². The molecule has 0 aliphatic heterocycles. The molecular formula is C12H19N3O2. The third-order valence-electron chi connectivity index (χ3n) is 3.32. The molecule has 0 saturated heterocycles. The van der Waals surface area contributed by atoms with Crippen LogP contribution in [0.1, 0.15) is 48.9 Å². The number of imidazole rings is 1. The van der Waals surface area contributed by atoms with Gasteiger partial charge in [0.15, 0.2) is 5.69 Å². The van der Waals surface area contributed by atoms with E-state index >= 15 is 0 Å². The van der Waals surface area contributed by atoms with Crippen molar-refractivity contribution >= 4 is 5.97 Å². The normalized spacial score (nSPS) is 16.5. The molecule has 5 heteroatoms. The van der Waals surface area contributed by atoms with Crippen LogP contribution in [0.25, 0.3) is 0 Å². The van der Waals surface area contributed by atoms with Gasteiger partial charge in [-0.25, -0.2) is 9.78 Å². The molecule has 0 atom stereocenters. The number of nitrogens with one attached hydrogen (secondary N) is 1. The topological polar surface area (TPSA) is 67.2 Å². The predicted octanol–water partition coefficient (Wildman–Crippen LogP) is 1.63. The van der Waals surface area contributed by atoms with Crippen LogP contribution in [0.3, 0.4) is 0 Å². The van der Waals surface area contributed by atoms with Crippen molar-refractivity contribution in [1.29, 1.82) is 0 Å². The fourth-order valence-corrected chi connectivity index (χ4v) is 2.34. The number of aromatic carboxylic acids is 1. The third-order valence-corrected chi connectivity index (χ3v) is 3.32. The lowest BCUT2D eigenvalue weighted by molar-refractivity contribution is 0.0691. The van der Waals surface area contributed by atoms with Crippen LogP contribution in [0.5, 0.6) is 0 Å². The quantitative estimate of drug-likeness (QED) is 0.817. The highest BCUT2D eigenvalue weighted by molar-refractivity contribution is 5.85. The molecule has 1 aromatic heterocycles. The van der Waals surface area contributed by atoms with Gasteiger partial charge in [-0.15, -0.1) is 0 Å². The molecule has 2 rings (SSSR count). The number of rotatable bonds is 5. The molecule has 1 aliphatic rings. The molecule has 1 fully saturated rings. The second kappa shape index (κ2) is 5.31. The van der Waals surface area contributed by atoms with Gasteiger partial charge in [0.25, 0.3) is 0 Å². The van der Waals surface area contributed by atoms with E-state index < -0.39 is 5.97 Å². The highest BCUT2D eigenvalue weighted by Crippen LogP contribution is 2.18. The van der Waals surface area contributed by atoms with Crippen molar-refractivity contribution in [3.05, 3.63) is 17.7 Å². The monoisotopic (exact) mass is 237 g/mol. The van der Waals surface area contributed by atoms with Crippen molar-refractivity contribution in [3.8, 4) is 0 Å². The Labute approximate surface area is 101 Å². The van der Waals surface area contributed by atoms with Crippen LogP contribution in [0, 0.1) is 0 Å². The summed E-state index contributed by atoms with van der Waals surface area (Å²) in [5.41, 5.74) is 0.134. The average molecular weight is 237 g/mol. The maximum absolute atomic E-state index is 10.8. The first-order valence-corrected chi connectivity index (χ1v) is 6.23. The predicted molar refractivity (Wildman–Crippen MR) is 64.0 cm³/mol. The molecule has 94 valence electrons. The number of carbonyl (C=O) groups is 1. The second-order valence-corrected chi connectivity index (χ2v) is 4.50. The zero-order chi connectivity index (χ0) is 12.3. The molecule has 1 saturated carbocycles. The van der Waals surface area contributed by atoms with E-state index in [-0.39, 0.29) is 5.69 Å². The summed E-state index contributed by atoms with van der Waals surface area (Å²) in [5.74, 6) is -0.142. The van der Waals surface area contributed by atoms with Crippen LogP contribution in [0.15, 0.2) is 6.20 Å². The fourth-order valence-electron chi connectivity index (χ4n) is 2.34. The Morgan fingerprint density at radius 1 is 1.59 bits per heavy atom. The standard InChI is InChI=1S/C12H19N3O2/c1-2-15-8-10(12(16)17)14-11(15)7-13-9-5-3-4-6-9/h8-9,13H,2-7H2,1H3,(H,16,17). The number of aromatic nitrogens is 2. The van der Waals surface area contributed by atoms with Crippen LogP contribution in [0.2, 0.25) is 0 Å². The van der Waals surface area contributed by atoms with Crippen molar-refractivity contribution in [1.82, 2.24) is 14.9 Å². The molecular weight excluding hydrogens is 218 g/mol. The van der Waals surface area contributed by atoms with E-state index in [9.17, 15) is 4.79 Å². The Morgan fingerprint density at radius 2 is 2.29 bits per heavy atom. The summed E-state index contributed by atoms with van der Waals surface area (Å²) in [6.45, 7) is 3.40. The maximum atomic E-state index is 10.8. The summed E-state index contributed by atoms with van der Waals surface area (Å²) in [6.07, 6.45) is 6.63. The summed E-state index contributed by atoms with van der Waals surface area (Å²) >= 11 is 0. The lowest BCUT2D eigenvalue weighted by Gasteiger charge is -2.11. The Kier molecular flexibility index (Phi) is 3.78. The molecule has 1 aliphatic carbocycles. The zero-order valence-corrected chi connectivity index (χ0v) is 10.1. The van der Waals surface area contributed by atoms with Crippen LogP contribution >= 0.6 is 0 Å². The molecule has 1 heterocycles. The summed E-state index contributed by atoms with van der Waals surface area (Å²) in [5, 5.41) is 12.4. The van der Waals surface area contributed by atoms with E-state index in [0.29, 0.717) is 12.6 Å². The van der Waals surface area contributed by atoms with Gasteiger partial charge in [0.1, 0.15) is 5.82 Å². The highest BCUT2D eigenvalue weighted by Gasteiger charge is 2.16. The van der Waals surface area contributed by atoms with E-state index in [2.05, 4.69) is 10.3 Å². The number of aryl methyl sites for hydroxylation is 1. The number of carboxylic acids is 1. The second-order valence-electron chi connectivity index (χ2n) is 4.50. The van der Waals surface area contributed by atoms with Gasteiger partial charge >= 0.3 is 5.97 Å². The first-order valence-electron chi connectivity index (χ1n) is 6.23. The Morgan fingerprint density at radius 3 is 2.88 bits per heavy atom. The summed E-state index contributed by atoms with van der Waals surface area (Å²) < 4.78 is 1.89. The van der Waals surface area contributed by atoms with Crippen LogP contribution in [-0.2, 0) is 13.1 Å². The van der Waals surface area contributed by atoms with Crippen molar-refractivity contribution < 1.29 is 9.90 Å². The Balaban J connectivity index is 2.00. The molecule has 2 N–H and O–H groups in total. The van der Waals surface area contributed by atoms with Crippen molar-refractivity contribution in [2.45, 2.75) is 51.7 Å². The van der Waals surface area contributed by atoms with Gasteiger partial charge < -0.3 is 15.0 Å². The number of carboxylic acid groups (broad SMARTS) is 1. The Bertz CT molecular complexity index is 394. The highest BCUT2D eigenvalue weighted by atomic mass is 16.4. The van der Waals surface area contributed by atoms with Gasteiger partial charge in [0.05, 0.1) is 6.54 Å². The summed E-state index contributed by atoms with van der Waals surface area (Å²) in [7, 11) is 0. The lowest BCUT2D eigenvalue weighted by atomic mass is 10.2. The SMILES string of the molecule is CCn1cc(C(=O)O)nc1CNC1CCCC1. The van der Waals surface area contributed by atoms with E-state index in [1.54, 1.807) is 6.20 Å². The van der Waals surface area contributed by atoms with Crippen molar-refractivity contribution in [3.63, 3.8) is 0 Å². The number of nitrogens with zero attached hydrogens (tertiary/aromatic N) is 2. The minimum absolute atomic E-state index is 0.134. The largest absolute Gasteiger partial charge is 0.476 e. The molecule has 5 nitrogen and oxygen atoms in total. The molecule has 0 radical (unpaired) electrons. The minimum Gasteiger partial charge on any atom is -0.476 e. The van der Waals surface area contributed by atoms with Gasteiger partial charge in [-0.2, -0.15) is 0 Å². The molecule has 0 amide bonds. The first-order chi connectivity index (χ1) is 8.20. The number of hydrogen-bond acceptors (Lipinski definition) is 3. The van der Waals surface area contributed by atoms with Crippen LogP contribution < -0.4 is 5.32 Å².